The van der Waals surface area contributed by atoms with E-state index in [0.29, 0.717) is 18.7 Å². The second kappa shape index (κ2) is 7.64. The van der Waals surface area contributed by atoms with Crippen LogP contribution in [0.25, 0.3) is 0 Å². The molecule has 1 aliphatic carbocycles. The van der Waals surface area contributed by atoms with Crippen LogP contribution in [0.3, 0.4) is 0 Å². The Hall–Kier alpha value is -2.85. The number of benzene rings is 1. The molecule has 3 rings (SSSR count). The third-order valence-electron chi connectivity index (χ3n) is 5.59. The molecule has 142 valence electrons. The van der Waals surface area contributed by atoms with Gasteiger partial charge >= 0.3 is 0 Å². The van der Waals surface area contributed by atoms with Gasteiger partial charge in [-0.3, -0.25) is 4.90 Å². The van der Waals surface area contributed by atoms with Gasteiger partial charge in [-0.1, -0.05) is 30.7 Å². The van der Waals surface area contributed by atoms with Crippen molar-refractivity contribution in [2.45, 2.75) is 19.3 Å². The molecular formula is C21H19ClFN5. The Labute approximate surface area is 168 Å². The van der Waals surface area contributed by atoms with Crippen molar-refractivity contribution in [3.63, 3.8) is 0 Å². The summed E-state index contributed by atoms with van der Waals surface area (Å²) in [6.07, 6.45) is 2.82. The van der Waals surface area contributed by atoms with E-state index < -0.39 is 23.1 Å². The van der Waals surface area contributed by atoms with Gasteiger partial charge in [0.25, 0.3) is 0 Å². The summed E-state index contributed by atoms with van der Waals surface area (Å²) in [7, 11) is 0. The summed E-state index contributed by atoms with van der Waals surface area (Å²) in [4.78, 5) is 2.16. The van der Waals surface area contributed by atoms with E-state index in [9.17, 15) is 20.2 Å². The Morgan fingerprint density at radius 3 is 2.61 bits per heavy atom. The molecule has 2 atom stereocenters. The summed E-state index contributed by atoms with van der Waals surface area (Å²) < 4.78 is 14.9. The molecule has 0 amide bonds. The van der Waals surface area contributed by atoms with E-state index >= 15 is 0 Å². The SMILES string of the molecule is CCCN1CC=C2C(C#N)=C(N)C(C#N)(C#N)C(c3c(F)cccc3Cl)C2C1. The maximum absolute atomic E-state index is 14.9. The molecule has 0 saturated carbocycles. The normalized spacial score (nSPS) is 23.8. The summed E-state index contributed by atoms with van der Waals surface area (Å²) in [5.41, 5.74) is 5.11. The molecule has 1 heterocycles. The van der Waals surface area contributed by atoms with E-state index in [1.807, 2.05) is 18.2 Å². The average molecular weight is 396 g/mol. The molecular weight excluding hydrogens is 377 g/mol. The lowest BCUT2D eigenvalue weighted by molar-refractivity contribution is 0.205. The summed E-state index contributed by atoms with van der Waals surface area (Å²) >= 11 is 6.34. The topological polar surface area (TPSA) is 101 Å². The lowest BCUT2D eigenvalue weighted by atomic mass is 9.58. The summed E-state index contributed by atoms with van der Waals surface area (Å²) in [5.74, 6) is -1.96. The molecule has 1 aromatic carbocycles. The molecule has 0 fully saturated rings. The molecule has 2 unspecified atom stereocenters. The number of hydrogen-bond acceptors (Lipinski definition) is 5. The van der Waals surface area contributed by atoms with Crippen LogP contribution >= 0.6 is 11.6 Å². The largest absolute Gasteiger partial charge is 0.399 e. The fourth-order valence-electron chi connectivity index (χ4n) is 4.36. The molecule has 1 aromatic rings. The number of nitrogens with two attached hydrogens (primary N) is 1. The Kier molecular flexibility index (Phi) is 5.43. The Morgan fingerprint density at radius 1 is 1.32 bits per heavy atom. The van der Waals surface area contributed by atoms with Crippen LogP contribution in [0.5, 0.6) is 0 Å². The van der Waals surface area contributed by atoms with Crippen LogP contribution < -0.4 is 5.73 Å². The van der Waals surface area contributed by atoms with Gasteiger partial charge in [0, 0.05) is 35.5 Å². The molecule has 1 aliphatic heterocycles. The first kappa shape index (κ1) is 19.9. The van der Waals surface area contributed by atoms with Crippen molar-refractivity contribution in [2.75, 3.05) is 19.6 Å². The fourth-order valence-corrected chi connectivity index (χ4v) is 4.64. The zero-order valence-corrected chi connectivity index (χ0v) is 16.2. The first-order valence-electron chi connectivity index (χ1n) is 9.04. The molecule has 28 heavy (non-hydrogen) atoms. The zero-order chi connectivity index (χ0) is 20.5. The number of fused-ring (bicyclic) bond motifs is 1. The Bertz CT molecular complexity index is 957. The van der Waals surface area contributed by atoms with Gasteiger partial charge in [0.1, 0.15) is 11.9 Å². The van der Waals surface area contributed by atoms with E-state index in [-0.39, 0.29) is 21.9 Å². The standard InChI is InChI=1S/C21H19ClFN5/c1-2-7-28-8-6-13-14(9-24)20(27)21(11-25,12-26)19(15(13)10-28)18-16(22)4-3-5-17(18)23/h3-6,15,19H,2,7-8,10,27H2,1H3. The monoisotopic (exact) mass is 395 g/mol. The minimum atomic E-state index is -1.88. The summed E-state index contributed by atoms with van der Waals surface area (Å²) in [5, 5.41) is 29.8. The fraction of sp³-hybridized carbons (Fsp3) is 0.381. The second-order valence-electron chi connectivity index (χ2n) is 7.07. The minimum absolute atomic E-state index is 0.0986. The lowest BCUT2D eigenvalue weighted by Gasteiger charge is -2.45. The molecule has 2 N–H and O–H groups in total. The number of hydrogen-bond donors (Lipinski definition) is 1. The highest BCUT2D eigenvalue weighted by Crippen LogP contribution is 2.55. The van der Waals surface area contributed by atoms with Gasteiger partial charge in [-0.05, 0) is 30.7 Å². The second-order valence-corrected chi connectivity index (χ2v) is 7.48. The van der Waals surface area contributed by atoms with Gasteiger partial charge in [0.05, 0.1) is 23.4 Å². The van der Waals surface area contributed by atoms with Crippen molar-refractivity contribution < 1.29 is 4.39 Å². The van der Waals surface area contributed by atoms with Crippen LogP contribution in [0.15, 0.2) is 41.1 Å². The van der Waals surface area contributed by atoms with Gasteiger partial charge in [-0.2, -0.15) is 15.8 Å². The van der Waals surface area contributed by atoms with Crippen LogP contribution in [0.2, 0.25) is 5.02 Å². The zero-order valence-electron chi connectivity index (χ0n) is 15.4. The average Bonchev–Trinajstić information content (AvgIpc) is 2.69. The highest BCUT2D eigenvalue weighted by Gasteiger charge is 2.55. The lowest BCUT2D eigenvalue weighted by Crippen LogP contribution is -2.48. The minimum Gasteiger partial charge on any atom is -0.399 e. The van der Waals surface area contributed by atoms with E-state index in [2.05, 4.69) is 17.9 Å². The predicted octanol–water partition coefficient (Wildman–Crippen LogP) is 3.61. The van der Waals surface area contributed by atoms with Crippen LogP contribution in [-0.4, -0.2) is 24.5 Å². The molecule has 0 bridgehead atoms. The van der Waals surface area contributed by atoms with E-state index in [1.165, 1.54) is 18.2 Å². The first-order valence-corrected chi connectivity index (χ1v) is 9.42. The van der Waals surface area contributed by atoms with E-state index in [0.717, 1.165) is 13.0 Å². The highest BCUT2D eigenvalue weighted by molar-refractivity contribution is 6.31. The Morgan fingerprint density at radius 2 is 2.04 bits per heavy atom. The van der Waals surface area contributed by atoms with Gasteiger partial charge in [0.2, 0.25) is 0 Å². The van der Waals surface area contributed by atoms with Crippen LogP contribution in [0, 0.1) is 51.1 Å². The molecule has 2 aliphatic rings. The Balaban J connectivity index is 2.34. The van der Waals surface area contributed by atoms with E-state index in [4.69, 9.17) is 17.3 Å². The number of nitriles is 3. The van der Waals surface area contributed by atoms with Crippen molar-refractivity contribution in [1.29, 1.82) is 15.8 Å². The molecule has 5 nitrogen and oxygen atoms in total. The summed E-state index contributed by atoms with van der Waals surface area (Å²) in [6, 6.07) is 10.3. The molecule has 7 heteroatoms. The third kappa shape index (κ3) is 2.85. The van der Waals surface area contributed by atoms with Crippen molar-refractivity contribution in [1.82, 2.24) is 4.90 Å². The van der Waals surface area contributed by atoms with Gasteiger partial charge in [-0.15, -0.1) is 0 Å². The maximum Gasteiger partial charge on any atom is 0.191 e. The van der Waals surface area contributed by atoms with Gasteiger partial charge in [-0.25, -0.2) is 4.39 Å². The highest BCUT2D eigenvalue weighted by atomic mass is 35.5. The van der Waals surface area contributed by atoms with Crippen molar-refractivity contribution in [3.8, 4) is 18.2 Å². The number of nitrogens with zero attached hydrogens (tertiary/aromatic N) is 4. The third-order valence-corrected chi connectivity index (χ3v) is 5.92. The van der Waals surface area contributed by atoms with Crippen molar-refractivity contribution in [3.05, 3.63) is 57.5 Å². The maximum atomic E-state index is 14.9. The van der Waals surface area contributed by atoms with Crippen LogP contribution in [-0.2, 0) is 0 Å². The molecule has 0 radical (unpaired) electrons. The number of rotatable bonds is 3. The van der Waals surface area contributed by atoms with Crippen molar-refractivity contribution in [2.24, 2.45) is 17.1 Å². The van der Waals surface area contributed by atoms with Crippen LogP contribution in [0.1, 0.15) is 24.8 Å². The molecule has 0 saturated heterocycles. The molecule has 0 aromatic heterocycles. The van der Waals surface area contributed by atoms with Crippen LogP contribution in [0.4, 0.5) is 4.39 Å². The smallest absolute Gasteiger partial charge is 0.191 e. The summed E-state index contributed by atoms with van der Waals surface area (Å²) in [6.45, 7) is 3.98. The molecule has 0 spiro atoms. The quantitative estimate of drug-likeness (QED) is 0.842. The van der Waals surface area contributed by atoms with E-state index in [1.54, 1.807) is 0 Å². The van der Waals surface area contributed by atoms with Gasteiger partial charge in [0.15, 0.2) is 5.41 Å². The first-order chi connectivity index (χ1) is 13.4. The number of allylic oxidation sites excluding steroid dienone is 2. The van der Waals surface area contributed by atoms with Crippen molar-refractivity contribution >= 4 is 11.6 Å². The van der Waals surface area contributed by atoms with Gasteiger partial charge < -0.3 is 5.73 Å². The number of halogens is 2. The predicted molar refractivity (Wildman–Crippen MR) is 103 cm³/mol.